The fraction of sp³-hybridized carbons (Fsp3) is 0. The Hall–Kier alpha value is -2.94. The van der Waals surface area contributed by atoms with Crippen LogP contribution in [0.5, 0.6) is 0 Å². The van der Waals surface area contributed by atoms with Crippen LogP contribution in [0.3, 0.4) is 0 Å². The molecule has 0 atom stereocenters. The van der Waals surface area contributed by atoms with Crippen LogP contribution >= 0.6 is 0 Å². The zero-order chi connectivity index (χ0) is 12.7. The van der Waals surface area contributed by atoms with Gasteiger partial charge in [0, 0.05) is 18.0 Å². The highest BCUT2D eigenvalue weighted by Gasteiger charge is 2.15. The van der Waals surface area contributed by atoms with E-state index in [0.29, 0.717) is 27.9 Å². The molecular weight excluding hydrogens is 228 g/mol. The molecule has 0 aromatic carbocycles. The number of hydrogen-bond acceptors (Lipinski definition) is 5. The minimum absolute atomic E-state index is 0.0267. The van der Waals surface area contributed by atoms with Gasteiger partial charge < -0.3 is 10.7 Å². The number of aromatic amines is 1. The highest BCUT2D eigenvalue weighted by Crippen LogP contribution is 2.29. The van der Waals surface area contributed by atoms with Gasteiger partial charge in [0.25, 0.3) is 0 Å². The van der Waals surface area contributed by atoms with Gasteiger partial charge in [0.2, 0.25) is 0 Å². The molecule has 0 spiro atoms. The summed E-state index contributed by atoms with van der Waals surface area (Å²) < 4.78 is 0. The van der Waals surface area contributed by atoms with Crippen LogP contribution in [0, 0.1) is 16.7 Å². The number of nitrogen functional groups attached to an aromatic ring is 1. The summed E-state index contributed by atoms with van der Waals surface area (Å²) in [4.78, 5) is 11.3. The van der Waals surface area contributed by atoms with E-state index >= 15 is 0 Å². The van der Waals surface area contributed by atoms with Crippen LogP contribution in [0.2, 0.25) is 0 Å². The molecule has 1 aliphatic carbocycles. The number of nitrogens with two attached hydrogens (primary N) is 1. The Balaban J connectivity index is 2.53. The molecule has 6 nitrogen and oxygen atoms in total. The number of anilines is 1. The van der Waals surface area contributed by atoms with E-state index in [0.717, 1.165) is 0 Å². The number of nitrogens with zero attached hydrogens (tertiary/aromatic N) is 3. The molecule has 0 unspecified atom stereocenters. The normalized spacial score (nSPS) is 10.6. The Kier molecular flexibility index (Phi) is 2.01. The van der Waals surface area contributed by atoms with Crippen molar-refractivity contribution in [3.63, 3.8) is 0 Å². The molecule has 0 amide bonds. The van der Waals surface area contributed by atoms with Crippen LogP contribution in [-0.4, -0.2) is 15.0 Å². The smallest absolute Gasteiger partial charge is 0.158 e. The summed E-state index contributed by atoms with van der Waals surface area (Å²) in [7, 11) is 0. The summed E-state index contributed by atoms with van der Waals surface area (Å²) in [5.41, 5.74) is 8.77. The Labute approximate surface area is 102 Å². The largest absolute Gasteiger partial charge is 0.397 e. The fourth-order valence-corrected chi connectivity index (χ4v) is 1.91. The Morgan fingerprint density at radius 1 is 1.44 bits per heavy atom. The first kappa shape index (κ1) is 10.2. The van der Waals surface area contributed by atoms with Gasteiger partial charge in [-0.2, -0.15) is 5.26 Å². The summed E-state index contributed by atoms with van der Waals surface area (Å²) >= 11 is 0. The first-order chi connectivity index (χ1) is 8.70. The first-order valence-corrected chi connectivity index (χ1v) is 5.22. The lowest BCUT2D eigenvalue weighted by molar-refractivity contribution is 1.12. The fourth-order valence-electron chi connectivity index (χ4n) is 1.91. The summed E-state index contributed by atoms with van der Waals surface area (Å²) in [6.45, 7) is 0. The van der Waals surface area contributed by atoms with E-state index in [-0.39, 0.29) is 11.2 Å². The van der Waals surface area contributed by atoms with Crippen molar-refractivity contribution < 1.29 is 0 Å². The van der Waals surface area contributed by atoms with Gasteiger partial charge in [0.15, 0.2) is 11.1 Å². The quantitative estimate of drug-likeness (QED) is 0.539. The molecule has 2 heterocycles. The Bertz CT molecular complexity index is 826. The minimum Gasteiger partial charge on any atom is -0.397 e. The van der Waals surface area contributed by atoms with E-state index in [2.05, 4.69) is 15.0 Å². The molecule has 0 fully saturated rings. The SMILES string of the molecule is N#Cc1cc2cnc3cc[nH]c3nc(=N)c-2c1N. The van der Waals surface area contributed by atoms with Gasteiger partial charge in [0.1, 0.15) is 11.6 Å². The predicted molar refractivity (Wildman–Crippen MR) is 65.5 cm³/mol. The van der Waals surface area contributed by atoms with Crippen molar-refractivity contribution in [2.75, 3.05) is 5.73 Å². The van der Waals surface area contributed by atoms with E-state index in [9.17, 15) is 0 Å². The topological polar surface area (TPSA) is 115 Å². The maximum atomic E-state index is 8.95. The van der Waals surface area contributed by atoms with Crippen LogP contribution in [-0.2, 0) is 0 Å². The maximum Gasteiger partial charge on any atom is 0.158 e. The molecule has 0 bridgehead atoms. The van der Waals surface area contributed by atoms with E-state index in [4.69, 9.17) is 16.4 Å². The third-order valence-corrected chi connectivity index (χ3v) is 2.78. The lowest BCUT2D eigenvalue weighted by Crippen LogP contribution is -2.08. The summed E-state index contributed by atoms with van der Waals surface area (Å²) in [6, 6.07) is 5.39. The minimum atomic E-state index is 0.0267. The maximum absolute atomic E-state index is 8.95. The molecule has 0 radical (unpaired) electrons. The van der Waals surface area contributed by atoms with E-state index < -0.39 is 0 Å². The molecule has 4 N–H and O–H groups in total. The third-order valence-electron chi connectivity index (χ3n) is 2.78. The highest BCUT2D eigenvalue weighted by atomic mass is 14.9. The molecule has 1 aliphatic heterocycles. The molecule has 2 aliphatic rings. The van der Waals surface area contributed by atoms with Gasteiger partial charge in [0.05, 0.1) is 16.8 Å². The number of nitriles is 1. The standard InChI is InChI=1S/C12H8N6/c13-4-6-3-7-5-17-8-1-2-16-12(8)18-11(15)9(7)10(6)14/h1-3,5H,14H2,(H2,15,16,18). The van der Waals surface area contributed by atoms with Crippen LogP contribution in [0.4, 0.5) is 5.69 Å². The molecular formula is C12H8N6. The van der Waals surface area contributed by atoms with Gasteiger partial charge >= 0.3 is 0 Å². The molecule has 18 heavy (non-hydrogen) atoms. The van der Waals surface area contributed by atoms with Crippen molar-refractivity contribution in [1.29, 1.82) is 10.7 Å². The van der Waals surface area contributed by atoms with Crippen molar-refractivity contribution in [3.05, 3.63) is 35.6 Å². The van der Waals surface area contributed by atoms with Crippen molar-refractivity contribution in [3.8, 4) is 17.2 Å². The number of hydrogen-bond donors (Lipinski definition) is 3. The van der Waals surface area contributed by atoms with Crippen molar-refractivity contribution in [2.24, 2.45) is 0 Å². The average molecular weight is 236 g/mol. The lowest BCUT2D eigenvalue weighted by atomic mass is 10.2. The zero-order valence-corrected chi connectivity index (χ0v) is 9.23. The molecule has 6 heteroatoms. The number of fused-ring (bicyclic) bond motifs is 2. The van der Waals surface area contributed by atoms with Gasteiger partial charge in [-0.25, -0.2) is 4.98 Å². The third kappa shape index (κ3) is 1.31. The Morgan fingerprint density at radius 2 is 2.28 bits per heavy atom. The molecule has 0 saturated heterocycles. The van der Waals surface area contributed by atoms with E-state index in [1.165, 1.54) is 0 Å². The summed E-state index contributed by atoms with van der Waals surface area (Å²) in [5, 5.41) is 16.9. The second-order valence-corrected chi connectivity index (χ2v) is 3.84. The van der Waals surface area contributed by atoms with E-state index in [1.54, 1.807) is 24.5 Å². The second kappa shape index (κ2) is 3.53. The van der Waals surface area contributed by atoms with E-state index in [1.807, 2.05) is 6.07 Å². The van der Waals surface area contributed by atoms with Gasteiger partial charge in [-0.1, -0.05) is 0 Å². The van der Waals surface area contributed by atoms with Crippen molar-refractivity contribution in [2.45, 2.75) is 0 Å². The van der Waals surface area contributed by atoms with Gasteiger partial charge in [-0.3, -0.25) is 10.4 Å². The second-order valence-electron chi connectivity index (χ2n) is 3.84. The predicted octanol–water partition coefficient (Wildman–Crippen LogP) is 0.996. The van der Waals surface area contributed by atoms with Crippen LogP contribution in [0.15, 0.2) is 24.5 Å². The number of H-pyrrole nitrogens is 1. The Morgan fingerprint density at radius 3 is 3.06 bits per heavy atom. The molecule has 86 valence electrons. The zero-order valence-electron chi connectivity index (χ0n) is 9.23. The van der Waals surface area contributed by atoms with Gasteiger partial charge in [-0.05, 0) is 12.1 Å². The van der Waals surface area contributed by atoms with Crippen LogP contribution in [0.25, 0.3) is 22.3 Å². The molecule has 0 saturated carbocycles. The first-order valence-electron chi connectivity index (χ1n) is 5.22. The van der Waals surface area contributed by atoms with Crippen LogP contribution in [0.1, 0.15) is 5.56 Å². The highest BCUT2D eigenvalue weighted by molar-refractivity contribution is 5.84. The summed E-state index contributed by atoms with van der Waals surface area (Å²) in [6.07, 6.45) is 3.31. The molecule has 1 aromatic heterocycles. The summed E-state index contributed by atoms with van der Waals surface area (Å²) in [5.74, 6) is 0. The van der Waals surface area contributed by atoms with Crippen molar-refractivity contribution >= 4 is 16.9 Å². The van der Waals surface area contributed by atoms with Gasteiger partial charge in [-0.15, -0.1) is 0 Å². The molecule has 3 rings (SSSR count). The number of aromatic nitrogens is 3. The molecule has 1 aromatic rings. The number of rotatable bonds is 0. The number of nitrogens with one attached hydrogen (secondary N) is 2. The lowest BCUT2D eigenvalue weighted by Gasteiger charge is -1.96. The monoisotopic (exact) mass is 236 g/mol. The van der Waals surface area contributed by atoms with Crippen LogP contribution < -0.4 is 11.2 Å². The van der Waals surface area contributed by atoms with Crippen molar-refractivity contribution in [1.82, 2.24) is 15.0 Å². The average Bonchev–Trinajstić information content (AvgIpc) is 2.88.